The lowest BCUT2D eigenvalue weighted by atomic mass is 10.0. The van der Waals surface area contributed by atoms with Crippen molar-refractivity contribution in [2.24, 2.45) is 0 Å². The molecule has 2 N–H and O–H groups in total. The van der Waals surface area contributed by atoms with Crippen LogP contribution in [0.25, 0.3) is 0 Å². The average Bonchev–Trinajstić information content (AvgIpc) is 2.69. The highest BCUT2D eigenvalue weighted by Gasteiger charge is 2.13. The van der Waals surface area contributed by atoms with Gasteiger partial charge >= 0.3 is 11.9 Å². The van der Waals surface area contributed by atoms with E-state index in [2.05, 4.69) is 24.0 Å². The van der Waals surface area contributed by atoms with Gasteiger partial charge < -0.3 is 19.8 Å². The largest absolute Gasteiger partial charge is 0.478 e. The second kappa shape index (κ2) is 13.1. The number of aliphatic carboxylic acids is 2. The van der Waals surface area contributed by atoms with Crippen molar-refractivity contribution in [3.05, 3.63) is 70.3 Å². The fourth-order valence-electron chi connectivity index (χ4n) is 2.66. The van der Waals surface area contributed by atoms with Crippen LogP contribution in [0.2, 0.25) is 5.02 Å². The SMILES string of the molecule is CCCc1c(CN(C)C)cccc1Oc1cc(Cl)ccc1C#N.O=C(O)/C=C/C(=O)O. The molecule has 0 bridgehead atoms. The molecule has 0 aliphatic carbocycles. The minimum atomic E-state index is -1.26. The molecule has 0 radical (unpaired) electrons. The van der Waals surface area contributed by atoms with Crippen LogP contribution in [0.15, 0.2) is 48.6 Å². The van der Waals surface area contributed by atoms with Gasteiger partial charge in [-0.2, -0.15) is 5.26 Å². The zero-order valence-corrected chi connectivity index (χ0v) is 18.4. The van der Waals surface area contributed by atoms with E-state index >= 15 is 0 Å². The quantitative estimate of drug-likeness (QED) is 0.566. The van der Waals surface area contributed by atoms with Crippen LogP contribution >= 0.6 is 11.6 Å². The Morgan fingerprint density at radius 1 is 1.13 bits per heavy atom. The summed E-state index contributed by atoms with van der Waals surface area (Å²) in [6.07, 6.45) is 3.08. The molecule has 0 amide bonds. The lowest BCUT2D eigenvalue weighted by molar-refractivity contribution is -0.134. The summed E-state index contributed by atoms with van der Waals surface area (Å²) in [6.45, 7) is 3.00. The average molecular weight is 445 g/mol. The van der Waals surface area contributed by atoms with Crippen molar-refractivity contribution in [1.82, 2.24) is 4.90 Å². The zero-order valence-electron chi connectivity index (χ0n) is 17.6. The summed E-state index contributed by atoms with van der Waals surface area (Å²) in [6, 6.07) is 13.3. The molecule has 0 fully saturated rings. The van der Waals surface area contributed by atoms with Crippen molar-refractivity contribution in [3.8, 4) is 17.6 Å². The van der Waals surface area contributed by atoms with E-state index in [0.717, 1.165) is 25.1 Å². The lowest BCUT2D eigenvalue weighted by Gasteiger charge is -2.18. The highest BCUT2D eigenvalue weighted by molar-refractivity contribution is 6.30. The number of benzene rings is 2. The summed E-state index contributed by atoms with van der Waals surface area (Å²) in [5.41, 5.74) is 2.91. The number of carboxylic acids is 2. The van der Waals surface area contributed by atoms with Gasteiger partial charge in [0.1, 0.15) is 17.6 Å². The van der Waals surface area contributed by atoms with Crippen LogP contribution < -0.4 is 4.74 Å². The predicted octanol–water partition coefficient (Wildman–Crippen LogP) is 4.73. The number of carbonyl (C=O) groups is 2. The standard InChI is InChI=1S/C19H21ClN2O.C4H4O4/c1-4-6-17-15(13-22(2)3)7-5-8-18(17)23-19-11-16(20)10-9-14(19)12-21;5-3(6)1-2-4(7)8/h5,7-11H,4,6,13H2,1-3H3;1-2H,(H,5,6)(H,7,8)/b;2-1+. The Balaban J connectivity index is 0.000000512. The highest BCUT2D eigenvalue weighted by atomic mass is 35.5. The van der Waals surface area contributed by atoms with E-state index in [0.29, 0.717) is 28.5 Å². The molecule has 7 nitrogen and oxygen atoms in total. The summed E-state index contributed by atoms with van der Waals surface area (Å²) in [5, 5.41) is 25.4. The van der Waals surface area contributed by atoms with Gasteiger partial charge in [0.15, 0.2) is 0 Å². The Hall–Kier alpha value is -3.34. The zero-order chi connectivity index (χ0) is 23.4. The number of nitrogens with zero attached hydrogens (tertiary/aromatic N) is 2. The number of rotatable bonds is 8. The molecule has 31 heavy (non-hydrogen) atoms. The minimum absolute atomic E-state index is 0.481. The number of nitriles is 1. The van der Waals surface area contributed by atoms with E-state index in [9.17, 15) is 14.9 Å². The van der Waals surface area contributed by atoms with Crippen molar-refractivity contribution in [2.75, 3.05) is 14.1 Å². The number of ether oxygens (including phenoxy) is 1. The van der Waals surface area contributed by atoms with Crippen molar-refractivity contribution < 1.29 is 24.5 Å². The molecule has 0 spiro atoms. The van der Waals surface area contributed by atoms with Gasteiger partial charge in [0.25, 0.3) is 0 Å². The molecular formula is C23H25ClN2O5. The van der Waals surface area contributed by atoms with E-state index in [-0.39, 0.29) is 0 Å². The third kappa shape index (κ3) is 9.34. The molecule has 0 saturated heterocycles. The molecule has 2 aromatic rings. The van der Waals surface area contributed by atoms with Gasteiger partial charge in [0.05, 0.1) is 5.56 Å². The van der Waals surface area contributed by atoms with Gasteiger partial charge in [-0.05, 0) is 49.8 Å². The number of halogens is 1. The minimum Gasteiger partial charge on any atom is -0.478 e. The molecule has 2 rings (SSSR count). The molecule has 0 atom stereocenters. The molecule has 164 valence electrons. The molecule has 0 aliphatic heterocycles. The van der Waals surface area contributed by atoms with Crippen LogP contribution in [0.4, 0.5) is 0 Å². The van der Waals surface area contributed by atoms with Gasteiger partial charge in [-0.25, -0.2) is 9.59 Å². The summed E-state index contributed by atoms with van der Waals surface area (Å²) >= 11 is 6.05. The van der Waals surface area contributed by atoms with Crippen molar-refractivity contribution in [1.29, 1.82) is 5.26 Å². The van der Waals surface area contributed by atoms with Gasteiger partial charge in [0.2, 0.25) is 0 Å². The predicted molar refractivity (Wildman–Crippen MR) is 118 cm³/mol. The normalized spacial score (nSPS) is 10.3. The second-order valence-corrected chi connectivity index (χ2v) is 7.18. The summed E-state index contributed by atoms with van der Waals surface area (Å²) in [7, 11) is 4.10. The van der Waals surface area contributed by atoms with Crippen LogP contribution in [0.5, 0.6) is 11.5 Å². The summed E-state index contributed by atoms with van der Waals surface area (Å²) < 4.78 is 6.06. The van der Waals surface area contributed by atoms with Crippen molar-refractivity contribution in [2.45, 2.75) is 26.3 Å². The third-order valence-corrected chi connectivity index (χ3v) is 4.10. The smallest absolute Gasteiger partial charge is 0.328 e. The van der Waals surface area contributed by atoms with Crippen LogP contribution in [0.3, 0.4) is 0 Å². The van der Waals surface area contributed by atoms with Crippen molar-refractivity contribution in [3.63, 3.8) is 0 Å². The van der Waals surface area contributed by atoms with E-state index in [1.54, 1.807) is 18.2 Å². The van der Waals surface area contributed by atoms with E-state index in [1.165, 1.54) is 11.1 Å². The highest BCUT2D eigenvalue weighted by Crippen LogP contribution is 2.32. The van der Waals surface area contributed by atoms with Crippen LogP contribution in [0.1, 0.15) is 30.0 Å². The fraction of sp³-hybridized carbons (Fsp3) is 0.261. The molecule has 0 aliphatic rings. The first-order chi connectivity index (χ1) is 14.7. The maximum atomic E-state index is 9.55. The first-order valence-electron chi connectivity index (χ1n) is 9.44. The summed E-state index contributed by atoms with van der Waals surface area (Å²) in [5.74, 6) is -1.22. The number of hydrogen-bond acceptors (Lipinski definition) is 5. The first kappa shape index (κ1) is 25.7. The molecule has 0 saturated carbocycles. The first-order valence-corrected chi connectivity index (χ1v) is 9.82. The van der Waals surface area contributed by atoms with Crippen molar-refractivity contribution >= 4 is 23.5 Å². The van der Waals surface area contributed by atoms with Gasteiger partial charge in [0, 0.05) is 29.8 Å². The topological polar surface area (TPSA) is 111 Å². The molecule has 8 heteroatoms. The van der Waals surface area contributed by atoms with Crippen LogP contribution in [-0.4, -0.2) is 41.1 Å². The lowest BCUT2D eigenvalue weighted by Crippen LogP contribution is -2.12. The molecule has 0 unspecified atom stereocenters. The van der Waals surface area contributed by atoms with Gasteiger partial charge in [-0.3, -0.25) is 0 Å². The molecule has 0 aromatic heterocycles. The van der Waals surface area contributed by atoms with E-state index < -0.39 is 11.9 Å². The maximum Gasteiger partial charge on any atom is 0.328 e. The van der Waals surface area contributed by atoms with Crippen LogP contribution in [-0.2, 0) is 22.6 Å². The van der Waals surface area contributed by atoms with Crippen LogP contribution in [0, 0.1) is 11.3 Å². The van der Waals surface area contributed by atoms with Gasteiger partial charge in [-0.15, -0.1) is 0 Å². The molecular weight excluding hydrogens is 420 g/mol. The Morgan fingerprint density at radius 2 is 1.77 bits per heavy atom. The third-order valence-electron chi connectivity index (χ3n) is 3.87. The Kier molecular flexibility index (Phi) is 10.8. The molecule has 2 aromatic carbocycles. The Bertz CT molecular complexity index is 964. The number of hydrogen-bond donors (Lipinski definition) is 2. The monoisotopic (exact) mass is 444 g/mol. The summed E-state index contributed by atoms with van der Waals surface area (Å²) in [4.78, 5) is 21.2. The maximum absolute atomic E-state index is 9.55. The fourth-order valence-corrected chi connectivity index (χ4v) is 2.83. The number of carboxylic acid groups (broad SMARTS) is 2. The van der Waals surface area contributed by atoms with E-state index in [1.807, 2.05) is 26.2 Å². The molecule has 0 heterocycles. The van der Waals surface area contributed by atoms with Gasteiger partial charge in [-0.1, -0.05) is 37.1 Å². The van der Waals surface area contributed by atoms with E-state index in [4.69, 9.17) is 26.6 Å². The Morgan fingerprint density at radius 3 is 2.29 bits per heavy atom. The second-order valence-electron chi connectivity index (χ2n) is 6.75. The Labute approximate surface area is 186 Å².